The Morgan fingerprint density at radius 3 is 2.38 bits per heavy atom. The molecule has 0 radical (unpaired) electrons. The zero-order valence-corrected chi connectivity index (χ0v) is 15.7. The molecule has 6 nitrogen and oxygen atoms in total. The third-order valence-electron chi connectivity index (χ3n) is 4.20. The fourth-order valence-electron chi connectivity index (χ4n) is 2.91. The predicted octanol–water partition coefficient (Wildman–Crippen LogP) is 2.24. The number of sulfone groups is 1. The third-order valence-corrected chi connectivity index (χ3v) is 5.43. The van der Waals surface area contributed by atoms with Crippen molar-refractivity contribution in [2.24, 2.45) is 7.05 Å². The summed E-state index contributed by atoms with van der Waals surface area (Å²) in [5.74, 6) is -0.310. The van der Waals surface area contributed by atoms with Crippen LogP contribution < -0.4 is 5.32 Å². The van der Waals surface area contributed by atoms with Gasteiger partial charge in [0.15, 0.2) is 9.84 Å². The Balaban J connectivity index is 2.30. The number of benzene rings is 1. The summed E-state index contributed by atoms with van der Waals surface area (Å²) in [5, 5.41) is 7.27. The molecule has 24 heavy (non-hydrogen) atoms. The number of rotatable bonds is 4. The molecule has 7 heteroatoms. The molecule has 2 aromatic rings. The lowest BCUT2D eigenvalue weighted by Crippen LogP contribution is -2.27. The van der Waals surface area contributed by atoms with Crippen molar-refractivity contribution in [3.8, 4) is 0 Å². The number of aromatic nitrogens is 2. The van der Waals surface area contributed by atoms with Crippen molar-refractivity contribution in [3.63, 3.8) is 0 Å². The van der Waals surface area contributed by atoms with Gasteiger partial charge in [-0.3, -0.25) is 9.48 Å². The van der Waals surface area contributed by atoms with Crippen LogP contribution in [0.25, 0.3) is 0 Å². The minimum absolute atomic E-state index is 0.177. The van der Waals surface area contributed by atoms with E-state index in [-0.39, 0.29) is 16.8 Å². The van der Waals surface area contributed by atoms with E-state index in [1.165, 1.54) is 6.07 Å². The van der Waals surface area contributed by atoms with Gasteiger partial charge in [0.25, 0.3) is 5.91 Å². The normalized spacial score (nSPS) is 12.9. The number of hydrogen-bond acceptors (Lipinski definition) is 4. The van der Waals surface area contributed by atoms with Crippen molar-refractivity contribution in [2.75, 3.05) is 6.26 Å². The fraction of sp³-hybridized carbons (Fsp3) is 0.412. The van der Waals surface area contributed by atoms with Gasteiger partial charge in [0, 0.05) is 30.1 Å². The molecular weight excluding hydrogens is 326 g/mol. The summed E-state index contributed by atoms with van der Waals surface area (Å²) in [6, 6.07) is 4.48. The van der Waals surface area contributed by atoms with Crippen molar-refractivity contribution in [2.45, 2.75) is 38.6 Å². The molecule has 1 aromatic heterocycles. The van der Waals surface area contributed by atoms with Gasteiger partial charge in [0.05, 0.1) is 16.6 Å². The number of hydrogen-bond donors (Lipinski definition) is 1. The average Bonchev–Trinajstić information content (AvgIpc) is 2.71. The topological polar surface area (TPSA) is 81.1 Å². The van der Waals surface area contributed by atoms with Crippen molar-refractivity contribution in [1.29, 1.82) is 0 Å². The highest BCUT2D eigenvalue weighted by Gasteiger charge is 2.20. The molecule has 0 saturated carbocycles. The van der Waals surface area contributed by atoms with Gasteiger partial charge in [-0.2, -0.15) is 5.10 Å². The van der Waals surface area contributed by atoms with E-state index in [2.05, 4.69) is 10.4 Å². The molecule has 0 fully saturated rings. The number of carbonyl (C=O) groups is 1. The molecule has 0 aliphatic rings. The molecule has 1 heterocycles. The summed E-state index contributed by atoms with van der Waals surface area (Å²) in [7, 11) is -1.51. The first-order valence-corrected chi connectivity index (χ1v) is 9.53. The Hall–Kier alpha value is -2.15. The molecule has 1 unspecified atom stereocenters. The Kier molecular flexibility index (Phi) is 4.85. The fourth-order valence-corrected chi connectivity index (χ4v) is 3.90. The molecule has 2 rings (SSSR count). The summed E-state index contributed by atoms with van der Waals surface area (Å²) in [6.07, 6.45) is 1.14. The van der Waals surface area contributed by atoms with E-state index >= 15 is 0 Å². The first-order valence-electron chi connectivity index (χ1n) is 7.64. The molecule has 130 valence electrons. The second kappa shape index (κ2) is 6.39. The zero-order valence-electron chi connectivity index (χ0n) is 14.8. The van der Waals surface area contributed by atoms with Crippen LogP contribution in [-0.2, 0) is 16.9 Å². The van der Waals surface area contributed by atoms with E-state index in [1.807, 2.05) is 27.8 Å². The lowest BCUT2D eigenvalue weighted by atomic mass is 10.1. The number of nitrogens with zero attached hydrogens (tertiary/aromatic N) is 2. The summed E-state index contributed by atoms with van der Waals surface area (Å²) in [4.78, 5) is 12.7. The van der Waals surface area contributed by atoms with Crippen LogP contribution in [0.5, 0.6) is 0 Å². The maximum atomic E-state index is 12.5. The van der Waals surface area contributed by atoms with Crippen molar-refractivity contribution < 1.29 is 13.2 Å². The van der Waals surface area contributed by atoms with E-state index in [0.717, 1.165) is 23.2 Å². The molecule has 0 saturated heterocycles. The van der Waals surface area contributed by atoms with Crippen LogP contribution >= 0.6 is 0 Å². The molecule has 1 amide bonds. The molecule has 0 aliphatic carbocycles. The molecule has 0 spiro atoms. The van der Waals surface area contributed by atoms with E-state index in [4.69, 9.17) is 0 Å². The largest absolute Gasteiger partial charge is 0.345 e. The highest BCUT2D eigenvalue weighted by molar-refractivity contribution is 7.90. The monoisotopic (exact) mass is 349 g/mol. The van der Waals surface area contributed by atoms with Crippen LogP contribution in [0.4, 0.5) is 0 Å². The first-order chi connectivity index (χ1) is 11.0. The third kappa shape index (κ3) is 3.51. The Bertz CT molecular complexity index is 898. The van der Waals surface area contributed by atoms with Gasteiger partial charge in [-0.25, -0.2) is 8.42 Å². The molecule has 0 aliphatic heterocycles. The standard InChI is InChI=1S/C17H23N3O3S/c1-10-7-8-14(9-15(10)24(6,22)23)17(21)18-11(2)16-12(3)19-20(5)13(16)4/h7-9,11H,1-6H3,(H,18,21). The second-order valence-corrected chi connectivity index (χ2v) is 8.14. The minimum atomic E-state index is -3.37. The summed E-state index contributed by atoms with van der Waals surface area (Å²) in [5.41, 5.74) is 3.78. The molecule has 1 atom stereocenters. The van der Waals surface area contributed by atoms with Crippen LogP contribution in [0.1, 0.15) is 45.8 Å². The Morgan fingerprint density at radius 1 is 1.25 bits per heavy atom. The number of carbonyl (C=O) groups excluding carboxylic acids is 1. The van der Waals surface area contributed by atoms with Gasteiger partial charge in [0.2, 0.25) is 0 Å². The maximum absolute atomic E-state index is 12.5. The first kappa shape index (κ1) is 18.2. The van der Waals surface area contributed by atoms with Gasteiger partial charge in [-0.15, -0.1) is 0 Å². The van der Waals surface area contributed by atoms with Crippen LogP contribution in [0.2, 0.25) is 0 Å². The highest BCUT2D eigenvalue weighted by Crippen LogP contribution is 2.22. The van der Waals surface area contributed by atoms with E-state index in [0.29, 0.717) is 11.1 Å². The molecular formula is C17H23N3O3S. The summed E-state index contributed by atoms with van der Waals surface area (Å²) in [6.45, 7) is 7.45. The SMILES string of the molecule is Cc1ccc(C(=O)NC(C)c2c(C)nn(C)c2C)cc1S(C)(=O)=O. The van der Waals surface area contributed by atoms with Crippen LogP contribution in [0, 0.1) is 20.8 Å². The molecule has 0 bridgehead atoms. The lowest BCUT2D eigenvalue weighted by Gasteiger charge is -2.15. The Morgan fingerprint density at radius 2 is 1.88 bits per heavy atom. The van der Waals surface area contributed by atoms with Crippen molar-refractivity contribution >= 4 is 15.7 Å². The summed E-state index contributed by atoms with van der Waals surface area (Å²) >= 11 is 0. The average molecular weight is 349 g/mol. The zero-order chi connectivity index (χ0) is 18.2. The van der Waals surface area contributed by atoms with E-state index in [9.17, 15) is 13.2 Å². The van der Waals surface area contributed by atoms with Crippen LogP contribution in [0.15, 0.2) is 23.1 Å². The smallest absolute Gasteiger partial charge is 0.251 e. The van der Waals surface area contributed by atoms with Crippen molar-refractivity contribution in [1.82, 2.24) is 15.1 Å². The van der Waals surface area contributed by atoms with Crippen molar-refractivity contribution in [3.05, 3.63) is 46.3 Å². The predicted molar refractivity (Wildman–Crippen MR) is 92.9 cm³/mol. The van der Waals surface area contributed by atoms with Gasteiger partial charge >= 0.3 is 0 Å². The number of nitrogens with one attached hydrogen (secondary N) is 1. The van der Waals surface area contributed by atoms with Crippen LogP contribution in [0.3, 0.4) is 0 Å². The minimum Gasteiger partial charge on any atom is -0.345 e. The highest BCUT2D eigenvalue weighted by atomic mass is 32.2. The molecule has 1 aromatic carbocycles. The van der Waals surface area contributed by atoms with E-state index < -0.39 is 9.84 Å². The van der Waals surface area contributed by atoms with Crippen LogP contribution in [-0.4, -0.2) is 30.4 Å². The van der Waals surface area contributed by atoms with E-state index in [1.54, 1.807) is 23.7 Å². The quantitative estimate of drug-likeness (QED) is 0.918. The van der Waals surface area contributed by atoms with Gasteiger partial charge in [0.1, 0.15) is 0 Å². The summed E-state index contributed by atoms with van der Waals surface area (Å²) < 4.78 is 25.4. The van der Waals surface area contributed by atoms with Gasteiger partial charge in [-0.05, 0) is 45.4 Å². The number of amides is 1. The van der Waals surface area contributed by atoms with Gasteiger partial charge < -0.3 is 5.32 Å². The Labute approximate surface area is 142 Å². The lowest BCUT2D eigenvalue weighted by molar-refractivity contribution is 0.0939. The van der Waals surface area contributed by atoms with Gasteiger partial charge in [-0.1, -0.05) is 6.07 Å². The number of aryl methyl sites for hydroxylation is 3. The second-order valence-electron chi connectivity index (χ2n) is 6.16. The maximum Gasteiger partial charge on any atom is 0.251 e. The molecule has 1 N–H and O–H groups in total.